The van der Waals surface area contributed by atoms with Gasteiger partial charge in [-0.15, -0.1) is 0 Å². The van der Waals surface area contributed by atoms with E-state index in [0.29, 0.717) is 6.54 Å². The molecule has 0 fully saturated rings. The Morgan fingerprint density at radius 2 is 0.714 bits per heavy atom. The molecule has 8 aromatic rings. The van der Waals surface area contributed by atoms with Crippen LogP contribution in [0.2, 0.25) is 0 Å². The smallest absolute Gasteiger partial charge is 0.0468 e. The highest BCUT2D eigenvalue weighted by Crippen LogP contribution is 2.45. The van der Waals surface area contributed by atoms with Crippen molar-refractivity contribution in [1.82, 2.24) is 0 Å². The topological polar surface area (TPSA) is 32.5 Å². The zero-order valence-corrected chi connectivity index (χ0v) is 27.3. The number of anilines is 6. The second kappa shape index (κ2) is 13.5. The van der Waals surface area contributed by atoms with Crippen molar-refractivity contribution in [1.29, 1.82) is 0 Å². The molecule has 0 saturated carbocycles. The summed E-state index contributed by atoms with van der Waals surface area (Å²) < 4.78 is 0. The number of nitrogens with zero attached hydrogens (tertiary/aromatic N) is 2. The van der Waals surface area contributed by atoms with E-state index >= 15 is 0 Å². The van der Waals surface area contributed by atoms with Crippen LogP contribution in [-0.2, 0) is 6.42 Å². The minimum atomic E-state index is 0.547. The maximum Gasteiger partial charge on any atom is 0.0468 e. The predicted molar refractivity (Wildman–Crippen MR) is 209 cm³/mol. The van der Waals surface area contributed by atoms with E-state index in [1.54, 1.807) is 0 Å². The third-order valence-electron chi connectivity index (χ3n) is 9.22. The maximum atomic E-state index is 6.43. The third-order valence-corrected chi connectivity index (χ3v) is 9.22. The molecule has 0 aliphatic heterocycles. The van der Waals surface area contributed by atoms with Crippen molar-refractivity contribution in [3.05, 3.63) is 194 Å². The van der Waals surface area contributed by atoms with Gasteiger partial charge < -0.3 is 15.5 Å². The quantitative estimate of drug-likeness (QED) is 0.161. The van der Waals surface area contributed by atoms with Gasteiger partial charge in [0.1, 0.15) is 0 Å². The summed E-state index contributed by atoms with van der Waals surface area (Å²) in [6, 6.07) is 67.0. The molecule has 0 radical (unpaired) electrons. The summed E-state index contributed by atoms with van der Waals surface area (Å²) in [6.07, 6.45) is 0.752. The Balaban J connectivity index is 1.42. The van der Waals surface area contributed by atoms with Gasteiger partial charge in [-0.2, -0.15) is 0 Å². The monoisotopic (exact) mass is 631 g/mol. The first-order chi connectivity index (χ1) is 24.3. The molecule has 0 unspecified atom stereocenters. The lowest BCUT2D eigenvalue weighted by Crippen LogP contribution is -2.11. The van der Waals surface area contributed by atoms with Gasteiger partial charge in [0.25, 0.3) is 0 Å². The summed E-state index contributed by atoms with van der Waals surface area (Å²) in [7, 11) is 0. The minimum absolute atomic E-state index is 0.547. The van der Waals surface area contributed by atoms with E-state index < -0.39 is 0 Å². The summed E-state index contributed by atoms with van der Waals surface area (Å²) in [5.41, 5.74) is 16.8. The lowest BCUT2D eigenvalue weighted by Gasteiger charge is -2.28. The Morgan fingerprint density at radius 3 is 1.12 bits per heavy atom. The minimum Gasteiger partial charge on any atom is -0.330 e. The summed E-state index contributed by atoms with van der Waals surface area (Å²) in [6.45, 7) is 0.547. The number of fused-ring (bicyclic) bond motifs is 3. The van der Waals surface area contributed by atoms with E-state index in [9.17, 15) is 0 Å². The molecule has 8 aromatic carbocycles. The Bertz CT molecular complexity index is 2240. The van der Waals surface area contributed by atoms with Crippen LogP contribution < -0.4 is 15.5 Å². The molecule has 0 aliphatic carbocycles. The molecule has 0 aromatic heterocycles. The number of nitrogens with two attached hydrogens (primary N) is 1. The summed E-state index contributed by atoms with van der Waals surface area (Å²) in [4.78, 5) is 4.67. The molecule has 0 spiro atoms. The molecule has 3 heteroatoms. The third kappa shape index (κ3) is 5.82. The van der Waals surface area contributed by atoms with E-state index in [2.05, 4.69) is 198 Å². The van der Waals surface area contributed by atoms with Crippen molar-refractivity contribution >= 4 is 55.7 Å². The molecule has 0 heterocycles. The van der Waals surface area contributed by atoms with E-state index in [4.69, 9.17) is 5.73 Å². The van der Waals surface area contributed by atoms with Crippen LogP contribution in [-0.4, -0.2) is 6.54 Å². The summed E-state index contributed by atoms with van der Waals surface area (Å²) in [5.74, 6) is 0. The van der Waals surface area contributed by atoms with E-state index in [-0.39, 0.29) is 0 Å². The summed E-state index contributed by atoms with van der Waals surface area (Å²) >= 11 is 0. The first-order valence-electron chi connectivity index (χ1n) is 16.9. The van der Waals surface area contributed by atoms with Crippen LogP contribution in [0.25, 0.3) is 32.7 Å². The van der Waals surface area contributed by atoms with Gasteiger partial charge in [-0.3, -0.25) is 0 Å². The number of para-hydroxylation sites is 4. The van der Waals surface area contributed by atoms with Gasteiger partial charge in [-0.05, 0) is 124 Å². The lowest BCUT2D eigenvalue weighted by molar-refractivity contribution is 0.980. The molecule has 3 nitrogen and oxygen atoms in total. The standard InChI is InChI=1S/C46H37N3/c47-31-30-43-44-32-39(48(35-18-8-2-9-19-35)36-20-10-3-11-21-36)26-28-41(44)42-29-27-40(33-45(42)46(43)34-16-6-1-7-17-34)49(37-22-12-4-13-23-37)38-24-14-5-15-25-38/h1-29,32-33H,30-31,47H2. The van der Waals surface area contributed by atoms with Gasteiger partial charge >= 0.3 is 0 Å². The second-order valence-electron chi connectivity index (χ2n) is 12.2. The van der Waals surface area contributed by atoms with Crippen molar-refractivity contribution in [2.24, 2.45) is 5.73 Å². The molecule has 0 aliphatic rings. The molecular weight excluding hydrogens is 595 g/mol. The molecule has 8 rings (SSSR count). The fourth-order valence-electron chi connectivity index (χ4n) is 7.11. The predicted octanol–water partition coefficient (Wildman–Crippen LogP) is 12.1. The lowest BCUT2D eigenvalue weighted by atomic mass is 9.86. The van der Waals surface area contributed by atoms with Crippen molar-refractivity contribution in [3.8, 4) is 11.1 Å². The van der Waals surface area contributed by atoms with Crippen LogP contribution in [0, 0.1) is 0 Å². The molecule has 0 atom stereocenters. The van der Waals surface area contributed by atoms with Crippen LogP contribution in [0.1, 0.15) is 5.56 Å². The fraction of sp³-hybridized carbons (Fsp3) is 0.0435. The molecule has 0 saturated heterocycles. The molecular formula is C46H37N3. The van der Waals surface area contributed by atoms with Crippen LogP contribution in [0.4, 0.5) is 34.1 Å². The first-order valence-corrected chi connectivity index (χ1v) is 16.9. The molecule has 2 N–H and O–H groups in total. The average Bonchev–Trinajstić information content (AvgIpc) is 3.17. The van der Waals surface area contributed by atoms with Crippen LogP contribution in [0.5, 0.6) is 0 Å². The highest BCUT2D eigenvalue weighted by atomic mass is 15.1. The van der Waals surface area contributed by atoms with Crippen molar-refractivity contribution in [3.63, 3.8) is 0 Å². The van der Waals surface area contributed by atoms with Gasteiger partial charge in [-0.1, -0.05) is 115 Å². The normalized spacial score (nSPS) is 11.1. The maximum absolute atomic E-state index is 6.43. The van der Waals surface area contributed by atoms with Gasteiger partial charge in [-0.25, -0.2) is 0 Å². The average molecular weight is 632 g/mol. The zero-order chi connectivity index (χ0) is 33.0. The fourth-order valence-corrected chi connectivity index (χ4v) is 7.11. The van der Waals surface area contributed by atoms with Crippen LogP contribution in [0.3, 0.4) is 0 Å². The number of hydrogen-bond acceptors (Lipinski definition) is 3. The van der Waals surface area contributed by atoms with Crippen LogP contribution in [0.15, 0.2) is 188 Å². The van der Waals surface area contributed by atoms with Gasteiger partial charge in [0, 0.05) is 34.1 Å². The van der Waals surface area contributed by atoms with Crippen LogP contribution >= 0.6 is 0 Å². The Hall–Kier alpha value is -6.16. The number of benzene rings is 8. The number of rotatable bonds is 9. The molecule has 236 valence electrons. The Labute approximate surface area is 288 Å². The largest absolute Gasteiger partial charge is 0.330 e. The van der Waals surface area contributed by atoms with E-state index in [1.807, 2.05) is 0 Å². The summed E-state index contributed by atoms with van der Waals surface area (Å²) in [5, 5.41) is 4.88. The van der Waals surface area contributed by atoms with E-state index in [1.165, 1.54) is 38.2 Å². The van der Waals surface area contributed by atoms with Gasteiger partial charge in [0.2, 0.25) is 0 Å². The Kier molecular flexibility index (Phi) is 8.33. The van der Waals surface area contributed by atoms with E-state index in [0.717, 1.165) is 40.5 Å². The highest BCUT2D eigenvalue weighted by molar-refractivity contribution is 6.17. The van der Waals surface area contributed by atoms with Gasteiger partial charge in [0.05, 0.1) is 0 Å². The van der Waals surface area contributed by atoms with Crippen molar-refractivity contribution in [2.75, 3.05) is 16.3 Å². The number of hydrogen-bond donors (Lipinski definition) is 1. The Morgan fingerprint density at radius 1 is 0.347 bits per heavy atom. The van der Waals surface area contributed by atoms with Crippen molar-refractivity contribution in [2.45, 2.75) is 6.42 Å². The van der Waals surface area contributed by atoms with Crippen molar-refractivity contribution < 1.29 is 0 Å². The first kappa shape index (κ1) is 30.2. The molecule has 0 amide bonds. The molecule has 49 heavy (non-hydrogen) atoms. The molecule has 0 bridgehead atoms. The second-order valence-corrected chi connectivity index (χ2v) is 12.2. The van der Waals surface area contributed by atoms with Gasteiger partial charge in [0.15, 0.2) is 0 Å². The highest BCUT2D eigenvalue weighted by Gasteiger charge is 2.21. The SMILES string of the molecule is NCCc1c(-c2ccccc2)c2cc(N(c3ccccc3)c3ccccc3)ccc2c2ccc(N(c3ccccc3)c3ccccc3)cc12. The zero-order valence-electron chi connectivity index (χ0n) is 27.3.